The van der Waals surface area contributed by atoms with Crippen LogP contribution in [0.5, 0.6) is 0 Å². The zero-order valence-electron chi connectivity index (χ0n) is 20.1. The van der Waals surface area contributed by atoms with Crippen molar-refractivity contribution in [3.05, 3.63) is 35.9 Å². The molecule has 0 spiro atoms. The quantitative estimate of drug-likeness (QED) is 0.278. The number of nitrogens with zero attached hydrogens (tertiary/aromatic N) is 1. The highest BCUT2D eigenvalue weighted by Gasteiger charge is 2.25. The summed E-state index contributed by atoms with van der Waals surface area (Å²) in [6.45, 7) is 8.21. The van der Waals surface area contributed by atoms with Crippen LogP contribution >= 0.6 is 0 Å². The summed E-state index contributed by atoms with van der Waals surface area (Å²) in [5.41, 5.74) is 0.429. The summed E-state index contributed by atoms with van der Waals surface area (Å²) in [7, 11) is 1.74. The number of hydrogen-bond acceptors (Lipinski definition) is 7. The standard InChI is InChI=1S/C24H41N3O5/c1-24(2,3)32-22(29)21(25-4)18-27(16-17-28)15-11-6-5-10-14-26-23(30)31-19-20-12-8-7-9-13-20/h7-9,12-13,21,25,28H,5-6,10-11,14-19H2,1-4H3,(H,26,30). The van der Waals surface area contributed by atoms with Crippen LogP contribution in [0.4, 0.5) is 4.79 Å². The Hall–Kier alpha value is -2.16. The van der Waals surface area contributed by atoms with Gasteiger partial charge in [-0.2, -0.15) is 0 Å². The average Bonchev–Trinajstić information content (AvgIpc) is 2.74. The zero-order chi connectivity index (χ0) is 23.8. The van der Waals surface area contributed by atoms with Gasteiger partial charge in [-0.15, -0.1) is 0 Å². The number of aliphatic hydroxyl groups is 1. The van der Waals surface area contributed by atoms with Crippen LogP contribution in [0.3, 0.4) is 0 Å². The molecule has 0 radical (unpaired) electrons. The van der Waals surface area contributed by atoms with Gasteiger partial charge in [0.15, 0.2) is 0 Å². The van der Waals surface area contributed by atoms with Crippen molar-refractivity contribution in [2.24, 2.45) is 0 Å². The Kier molecular flexibility index (Phi) is 13.6. The molecular weight excluding hydrogens is 410 g/mol. The number of hydrogen-bond donors (Lipinski definition) is 3. The third kappa shape index (κ3) is 13.3. The first-order valence-corrected chi connectivity index (χ1v) is 11.4. The molecule has 0 aliphatic heterocycles. The molecule has 0 aliphatic rings. The molecule has 1 unspecified atom stereocenters. The molecule has 0 aromatic heterocycles. The monoisotopic (exact) mass is 451 g/mol. The van der Waals surface area contributed by atoms with Crippen LogP contribution in [0.15, 0.2) is 30.3 Å². The Morgan fingerprint density at radius 2 is 1.75 bits per heavy atom. The molecule has 1 atom stereocenters. The lowest BCUT2D eigenvalue weighted by Crippen LogP contribution is -2.48. The molecule has 1 amide bonds. The first-order chi connectivity index (χ1) is 15.2. The highest BCUT2D eigenvalue weighted by molar-refractivity contribution is 5.76. The molecule has 32 heavy (non-hydrogen) atoms. The number of rotatable bonds is 15. The molecule has 3 N–H and O–H groups in total. The highest BCUT2D eigenvalue weighted by atomic mass is 16.6. The smallest absolute Gasteiger partial charge is 0.407 e. The van der Waals surface area contributed by atoms with Crippen LogP contribution in [0.1, 0.15) is 52.0 Å². The summed E-state index contributed by atoms with van der Waals surface area (Å²) < 4.78 is 10.7. The molecule has 0 bridgehead atoms. The van der Waals surface area contributed by atoms with Gasteiger partial charge in [0, 0.05) is 19.6 Å². The number of aliphatic hydroxyl groups excluding tert-OH is 1. The number of benzene rings is 1. The number of nitrogens with one attached hydrogen (secondary N) is 2. The van der Waals surface area contributed by atoms with Gasteiger partial charge in [0.05, 0.1) is 6.61 Å². The first-order valence-electron chi connectivity index (χ1n) is 11.4. The van der Waals surface area contributed by atoms with Gasteiger partial charge in [-0.05, 0) is 52.8 Å². The Morgan fingerprint density at radius 1 is 1.06 bits per heavy atom. The van der Waals surface area contributed by atoms with Crippen molar-refractivity contribution in [1.82, 2.24) is 15.5 Å². The minimum atomic E-state index is -0.532. The van der Waals surface area contributed by atoms with Gasteiger partial charge in [0.1, 0.15) is 18.2 Å². The van der Waals surface area contributed by atoms with E-state index in [0.29, 0.717) is 19.6 Å². The van der Waals surface area contributed by atoms with Crippen LogP contribution in [-0.2, 0) is 20.9 Å². The molecule has 8 heteroatoms. The maximum atomic E-state index is 12.3. The molecule has 0 heterocycles. The molecule has 1 aromatic carbocycles. The largest absolute Gasteiger partial charge is 0.459 e. The zero-order valence-corrected chi connectivity index (χ0v) is 20.1. The van der Waals surface area contributed by atoms with E-state index >= 15 is 0 Å². The van der Waals surface area contributed by atoms with Gasteiger partial charge < -0.3 is 25.2 Å². The molecular formula is C24H41N3O5. The lowest BCUT2D eigenvalue weighted by Gasteiger charge is -2.28. The van der Waals surface area contributed by atoms with E-state index in [4.69, 9.17) is 9.47 Å². The molecule has 0 aliphatic carbocycles. The number of amides is 1. The van der Waals surface area contributed by atoms with Crippen LogP contribution in [-0.4, -0.2) is 73.5 Å². The van der Waals surface area contributed by atoms with Crippen molar-refractivity contribution in [2.45, 2.75) is 64.7 Å². The van der Waals surface area contributed by atoms with E-state index in [0.717, 1.165) is 37.8 Å². The summed E-state index contributed by atoms with van der Waals surface area (Å²) in [4.78, 5) is 26.1. The van der Waals surface area contributed by atoms with Gasteiger partial charge in [0.2, 0.25) is 0 Å². The van der Waals surface area contributed by atoms with Crippen LogP contribution in [0, 0.1) is 0 Å². The van der Waals surface area contributed by atoms with Crippen LogP contribution in [0.2, 0.25) is 0 Å². The molecule has 0 fully saturated rings. The van der Waals surface area contributed by atoms with E-state index < -0.39 is 17.7 Å². The number of carbonyl (C=O) groups is 2. The maximum absolute atomic E-state index is 12.3. The van der Waals surface area contributed by atoms with Crippen molar-refractivity contribution in [3.8, 4) is 0 Å². The predicted octanol–water partition coefficient (Wildman–Crippen LogP) is 2.70. The Labute approximate surface area is 192 Å². The molecule has 1 aromatic rings. The van der Waals surface area contributed by atoms with Gasteiger partial charge >= 0.3 is 12.1 Å². The van der Waals surface area contributed by atoms with Crippen molar-refractivity contribution in [2.75, 3.05) is 39.8 Å². The van der Waals surface area contributed by atoms with Crippen molar-refractivity contribution >= 4 is 12.1 Å². The lowest BCUT2D eigenvalue weighted by molar-refractivity contribution is -0.157. The minimum Gasteiger partial charge on any atom is -0.459 e. The molecule has 8 nitrogen and oxygen atoms in total. The van der Waals surface area contributed by atoms with E-state index in [2.05, 4.69) is 15.5 Å². The van der Waals surface area contributed by atoms with E-state index in [1.165, 1.54) is 0 Å². The van der Waals surface area contributed by atoms with Gasteiger partial charge in [0.25, 0.3) is 0 Å². The van der Waals surface area contributed by atoms with Crippen molar-refractivity contribution in [1.29, 1.82) is 0 Å². The number of likely N-dealkylation sites (N-methyl/N-ethyl adjacent to an activating group) is 1. The molecule has 0 saturated heterocycles. The summed E-state index contributed by atoms with van der Waals surface area (Å²) in [5.74, 6) is -0.284. The fourth-order valence-electron chi connectivity index (χ4n) is 3.13. The van der Waals surface area contributed by atoms with Gasteiger partial charge in [-0.1, -0.05) is 43.2 Å². The predicted molar refractivity (Wildman–Crippen MR) is 125 cm³/mol. The van der Waals surface area contributed by atoms with Crippen LogP contribution in [0.25, 0.3) is 0 Å². The third-order valence-electron chi connectivity index (χ3n) is 4.78. The highest BCUT2D eigenvalue weighted by Crippen LogP contribution is 2.10. The topological polar surface area (TPSA) is 100 Å². The van der Waals surface area contributed by atoms with E-state index in [1.807, 2.05) is 51.1 Å². The second kappa shape index (κ2) is 15.6. The summed E-state index contributed by atoms with van der Waals surface area (Å²) in [6.07, 6.45) is 3.40. The SMILES string of the molecule is CNC(CN(CCO)CCCCCCNC(=O)OCc1ccccc1)C(=O)OC(C)(C)C. The lowest BCUT2D eigenvalue weighted by atomic mass is 10.1. The summed E-state index contributed by atoms with van der Waals surface area (Å²) in [5, 5.41) is 15.1. The minimum absolute atomic E-state index is 0.0414. The number of esters is 1. The molecule has 0 saturated carbocycles. The summed E-state index contributed by atoms with van der Waals surface area (Å²) in [6, 6.07) is 9.14. The fraction of sp³-hybridized carbons (Fsp3) is 0.667. The van der Waals surface area contributed by atoms with E-state index in [1.54, 1.807) is 7.05 Å². The average molecular weight is 452 g/mol. The fourth-order valence-corrected chi connectivity index (χ4v) is 3.13. The number of unbranched alkanes of at least 4 members (excludes halogenated alkanes) is 3. The number of ether oxygens (including phenoxy) is 2. The van der Waals surface area contributed by atoms with Crippen molar-refractivity contribution < 1.29 is 24.2 Å². The second-order valence-corrected chi connectivity index (χ2v) is 8.80. The first kappa shape index (κ1) is 27.9. The third-order valence-corrected chi connectivity index (χ3v) is 4.78. The molecule has 182 valence electrons. The van der Waals surface area contributed by atoms with E-state index in [-0.39, 0.29) is 19.2 Å². The Balaban J connectivity index is 2.19. The number of alkyl carbamates (subject to hydrolysis) is 1. The van der Waals surface area contributed by atoms with E-state index in [9.17, 15) is 14.7 Å². The van der Waals surface area contributed by atoms with Gasteiger partial charge in [-0.3, -0.25) is 9.69 Å². The normalized spacial score (nSPS) is 12.4. The Bertz CT molecular complexity index is 649. The maximum Gasteiger partial charge on any atom is 0.407 e. The summed E-state index contributed by atoms with van der Waals surface area (Å²) >= 11 is 0. The van der Waals surface area contributed by atoms with Gasteiger partial charge in [-0.25, -0.2) is 4.79 Å². The number of carbonyl (C=O) groups excluding carboxylic acids is 2. The second-order valence-electron chi connectivity index (χ2n) is 8.80. The van der Waals surface area contributed by atoms with Crippen LogP contribution < -0.4 is 10.6 Å². The Morgan fingerprint density at radius 3 is 2.38 bits per heavy atom. The molecule has 1 rings (SSSR count). The van der Waals surface area contributed by atoms with Crippen molar-refractivity contribution in [3.63, 3.8) is 0 Å².